The number of carbonyl (C=O) groups is 1. The van der Waals surface area contributed by atoms with Crippen LogP contribution in [0.5, 0.6) is 0 Å². The van der Waals surface area contributed by atoms with Crippen molar-refractivity contribution in [1.29, 1.82) is 0 Å². The SMILES string of the molecule is Cc1nc(=O)n(CC2CCCS2)c(C)c1CC(C)C(=O)O. The molecule has 116 valence electrons. The van der Waals surface area contributed by atoms with E-state index in [4.69, 9.17) is 5.11 Å². The number of carboxylic acid groups (broad SMARTS) is 1. The van der Waals surface area contributed by atoms with Gasteiger partial charge in [0.05, 0.1) is 5.92 Å². The molecular formula is C15H22N2O3S. The van der Waals surface area contributed by atoms with Gasteiger partial charge in [0, 0.05) is 23.2 Å². The number of aryl methyl sites for hydroxylation is 1. The Kier molecular flexibility index (Phi) is 5.08. The maximum Gasteiger partial charge on any atom is 0.348 e. The molecule has 0 aliphatic carbocycles. The van der Waals surface area contributed by atoms with Crippen molar-refractivity contribution in [3.8, 4) is 0 Å². The van der Waals surface area contributed by atoms with Gasteiger partial charge in [-0.2, -0.15) is 16.7 Å². The monoisotopic (exact) mass is 310 g/mol. The first-order valence-electron chi connectivity index (χ1n) is 7.31. The van der Waals surface area contributed by atoms with Gasteiger partial charge in [-0.15, -0.1) is 0 Å². The molecule has 0 spiro atoms. The number of thioether (sulfide) groups is 1. The molecule has 2 heterocycles. The molecule has 0 aromatic carbocycles. The number of nitrogens with zero attached hydrogens (tertiary/aromatic N) is 2. The smallest absolute Gasteiger partial charge is 0.348 e. The van der Waals surface area contributed by atoms with E-state index in [1.807, 2.05) is 18.7 Å². The van der Waals surface area contributed by atoms with Crippen LogP contribution in [0.2, 0.25) is 0 Å². The van der Waals surface area contributed by atoms with E-state index in [1.54, 1.807) is 18.4 Å². The Bertz CT molecular complexity index is 591. The van der Waals surface area contributed by atoms with Gasteiger partial charge in [-0.05, 0) is 44.4 Å². The third-order valence-corrected chi connectivity index (χ3v) is 5.50. The fourth-order valence-corrected chi connectivity index (χ4v) is 3.99. The average Bonchev–Trinajstić information content (AvgIpc) is 2.92. The van der Waals surface area contributed by atoms with Gasteiger partial charge in [0.1, 0.15) is 0 Å². The quantitative estimate of drug-likeness (QED) is 0.901. The summed E-state index contributed by atoms with van der Waals surface area (Å²) < 4.78 is 1.72. The van der Waals surface area contributed by atoms with Crippen molar-refractivity contribution in [2.24, 2.45) is 5.92 Å². The Morgan fingerprint density at radius 2 is 2.24 bits per heavy atom. The summed E-state index contributed by atoms with van der Waals surface area (Å²) in [4.78, 5) is 27.3. The molecule has 0 amide bonds. The molecule has 0 radical (unpaired) electrons. The highest BCUT2D eigenvalue weighted by atomic mass is 32.2. The lowest BCUT2D eigenvalue weighted by Gasteiger charge is -2.19. The highest BCUT2D eigenvalue weighted by Gasteiger charge is 2.21. The number of aliphatic carboxylic acids is 1. The second kappa shape index (κ2) is 6.64. The number of hydrogen-bond donors (Lipinski definition) is 1. The fraction of sp³-hybridized carbons (Fsp3) is 0.667. The van der Waals surface area contributed by atoms with Gasteiger partial charge in [0.15, 0.2) is 0 Å². The predicted octanol–water partition coefficient (Wildman–Crippen LogP) is 2.02. The minimum atomic E-state index is -0.821. The molecule has 1 aromatic heterocycles. The van der Waals surface area contributed by atoms with Crippen molar-refractivity contribution in [2.45, 2.75) is 51.8 Å². The van der Waals surface area contributed by atoms with Crippen LogP contribution in [0.1, 0.15) is 36.7 Å². The summed E-state index contributed by atoms with van der Waals surface area (Å²) in [6.45, 7) is 6.05. The van der Waals surface area contributed by atoms with Crippen LogP contribution in [0.25, 0.3) is 0 Å². The van der Waals surface area contributed by atoms with E-state index in [0.29, 0.717) is 23.9 Å². The minimum Gasteiger partial charge on any atom is -0.481 e. The lowest BCUT2D eigenvalue weighted by Crippen LogP contribution is -2.31. The average molecular weight is 310 g/mol. The third kappa shape index (κ3) is 3.67. The van der Waals surface area contributed by atoms with Crippen LogP contribution < -0.4 is 5.69 Å². The molecule has 1 fully saturated rings. The fourth-order valence-electron chi connectivity index (χ4n) is 2.74. The zero-order valence-electron chi connectivity index (χ0n) is 12.8. The maximum absolute atomic E-state index is 12.1. The lowest BCUT2D eigenvalue weighted by atomic mass is 9.99. The summed E-state index contributed by atoms with van der Waals surface area (Å²) in [5.41, 5.74) is 2.20. The number of aromatic nitrogens is 2. The second-order valence-electron chi connectivity index (χ2n) is 5.73. The molecule has 1 N–H and O–H groups in total. The topological polar surface area (TPSA) is 72.2 Å². The van der Waals surface area contributed by atoms with Gasteiger partial charge in [0.25, 0.3) is 0 Å². The molecule has 2 rings (SSSR count). The van der Waals surface area contributed by atoms with Crippen molar-refractivity contribution in [1.82, 2.24) is 9.55 Å². The molecule has 5 nitrogen and oxygen atoms in total. The Labute approximate surface area is 128 Å². The predicted molar refractivity (Wildman–Crippen MR) is 84.0 cm³/mol. The first-order valence-corrected chi connectivity index (χ1v) is 8.36. The van der Waals surface area contributed by atoms with Crippen LogP contribution >= 0.6 is 11.8 Å². The maximum atomic E-state index is 12.1. The molecule has 2 atom stereocenters. The number of carboxylic acids is 1. The van der Waals surface area contributed by atoms with Crippen LogP contribution in [0.3, 0.4) is 0 Å². The van der Waals surface area contributed by atoms with Crippen LogP contribution in [0, 0.1) is 19.8 Å². The molecule has 1 aliphatic heterocycles. The molecule has 6 heteroatoms. The van der Waals surface area contributed by atoms with Crippen LogP contribution in [-0.2, 0) is 17.8 Å². The van der Waals surface area contributed by atoms with E-state index in [0.717, 1.165) is 23.4 Å². The van der Waals surface area contributed by atoms with E-state index >= 15 is 0 Å². The van der Waals surface area contributed by atoms with Crippen molar-refractivity contribution in [3.05, 3.63) is 27.4 Å². The van der Waals surface area contributed by atoms with Gasteiger partial charge in [0.2, 0.25) is 0 Å². The molecule has 0 bridgehead atoms. The molecular weight excluding hydrogens is 288 g/mol. The second-order valence-corrected chi connectivity index (χ2v) is 7.14. The first kappa shape index (κ1) is 16.1. The molecule has 0 saturated carbocycles. The van der Waals surface area contributed by atoms with Crippen LogP contribution in [-0.4, -0.2) is 31.6 Å². The van der Waals surface area contributed by atoms with E-state index in [-0.39, 0.29) is 5.69 Å². The number of hydrogen-bond acceptors (Lipinski definition) is 4. The van der Waals surface area contributed by atoms with E-state index < -0.39 is 11.9 Å². The Morgan fingerprint density at radius 3 is 2.81 bits per heavy atom. The highest BCUT2D eigenvalue weighted by molar-refractivity contribution is 8.00. The Hall–Kier alpha value is -1.30. The van der Waals surface area contributed by atoms with Crippen molar-refractivity contribution in [3.63, 3.8) is 0 Å². The summed E-state index contributed by atoms with van der Waals surface area (Å²) in [5, 5.41) is 9.55. The van der Waals surface area contributed by atoms with Crippen molar-refractivity contribution >= 4 is 17.7 Å². The van der Waals surface area contributed by atoms with Gasteiger partial charge in [-0.25, -0.2) is 4.79 Å². The van der Waals surface area contributed by atoms with Crippen molar-refractivity contribution in [2.75, 3.05) is 5.75 Å². The summed E-state index contributed by atoms with van der Waals surface area (Å²) in [6.07, 6.45) is 2.74. The van der Waals surface area contributed by atoms with E-state index in [9.17, 15) is 9.59 Å². The highest BCUT2D eigenvalue weighted by Crippen LogP contribution is 2.27. The van der Waals surface area contributed by atoms with Gasteiger partial charge >= 0.3 is 11.7 Å². The third-order valence-electron chi connectivity index (χ3n) is 4.11. The molecule has 1 saturated heterocycles. The van der Waals surface area contributed by atoms with Gasteiger partial charge < -0.3 is 5.11 Å². The van der Waals surface area contributed by atoms with Crippen molar-refractivity contribution < 1.29 is 9.90 Å². The molecule has 2 unspecified atom stereocenters. The zero-order valence-corrected chi connectivity index (χ0v) is 13.6. The lowest BCUT2D eigenvalue weighted by molar-refractivity contribution is -0.141. The van der Waals surface area contributed by atoms with E-state index in [2.05, 4.69) is 4.98 Å². The minimum absolute atomic E-state index is 0.218. The van der Waals surface area contributed by atoms with Gasteiger partial charge in [-0.1, -0.05) is 6.92 Å². The van der Waals surface area contributed by atoms with Crippen LogP contribution in [0.15, 0.2) is 4.79 Å². The van der Waals surface area contributed by atoms with E-state index in [1.165, 1.54) is 6.42 Å². The summed E-state index contributed by atoms with van der Waals surface area (Å²) in [6, 6.07) is 0. The molecule has 21 heavy (non-hydrogen) atoms. The summed E-state index contributed by atoms with van der Waals surface area (Å²) >= 11 is 1.90. The zero-order chi connectivity index (χ0) is 15.6. The standard InChI is InChI=1S/C15H22N2O3S/c1-9(14(18)19)7-13-10(2)16-15(20)17(11(13)3)8-12-5-4-6-21-12/h9,12H,4-8H2,1-3H3,(H,18,19). The Morgan fingerprint density at radius 1 is 1.52 bits per heavy atom. The largest absolute Gasteiger partial charge is 0.481 e. The normalized spacial score (nSPS) is 19.7. The molecule has 1 aliphatic rings. The number of rotatable bonds is 5. The van der Waals surface area contributed by atoms with Crippen LogP contribution in [0.4, 0.5) is 0 Å². The summed E-state index contributed by atoms with van der Waals surface area (Å²) in [7, 11) is 0. The summed E-state index contributed by atoms with van der Waals surface area (Å²) in [5.74, 6) is -0.144. The Balaban J connectivity index is 2.32. The molecule has 1 aromatic rings. The first-order chi connectivity index (χ1) is 9.90. The van der Waals surface area contributed by atoms with Gasteiger partial charge in [-0.3, -0.25) is 9.36 Å².